The summed E-state index contributed by atoms with van der Waals surface area (Å²) < 4.78 is 11.9. The fourth-order valence-corrected chi connectivity index (χ4v) is 3.66. The van der Waals surface area contributed by atoms with Gasteiger partial charge in [0, 0.05) is 23.0 Å². The summed E-state index contributed by atoms with van der Waals surface area (Å²) in [5.41, 5.74) is 5.46. The fraction of sp³-hybridized carbons (Fsp3) is 0.261. The van der Waals surface area contributed by atoms with E-state index in [-0.39, 0.29) is 5.88 Å². The average molecular weight is 430 g/mol. The molecule has 32 heavy (non-hydrogen) atoms. The smallest absolute Gasteiger partial charge is 0.322 e. The van der Waals surface area contributed by atoms with Crippen molar-refractivity contribution >= 4 is 17.6 Å². The Hall–Kier alpha value is -4.01. The summed E-state index contributed by atoms with van der Waals surface area (Å²) in [6.45, 7) is 4.15. The molecule has 0 aliphatic heterocycles. The van der Waals surface area contributed by atoms with Gasteiger partial charge in [-0.1, -0.05) is 23.4 Å². The molecule has 0 saturated heterocycles. The highest BCUT2D eigenvalue weighted by molar-refractivity contribution is 5.87. The van der Waals surface area contributed by atoms with E-state index in [4.69, 9.17) is 9.05 Å². The highest BCUT2D eigenvalue weighted by Gasteiger charge is 2.23. The van der Waals surface area contributed by atoms with Crippen molar-refractivity contribution in [2.45, 2.75) is 39.2 Å². The molecule has 3 aromatic heterocycles. The molecule has 3 heterocycles. The van der Waals surface area contributed by atoms with E-state index in [1.165, 1.54) is 23.1 Å². The molecule has 162 valence electrons. The summed E-state index contributed by atoms with van der Waals surface area (Å²) in [5, 5.41) is 22.9. The number of nitrogens with one attached hydrogen (secondary N) is 1. The molecule has 1 saturated carbocycles. The molecule has 0 radical (unpaired) electrons. The number of nitrogens with zero attached hydrogens (tertiary/aromatic N) is 5. The van der Waals surface area contributed by atoms with Gasteiger partial charge in [-0.3, -0.25) is 9.51 Å². The largest absolute Gasteiger partial charge is 0.846 e. The second-order valence-electron chi connectivity index (χ2n) is 7.92. The first-order valence-electron chi connectivity index (χ1n) is 10.4. The quantitative estimate of drug-likeness (QED) is 0.284. The van der Waals surface area contributed by atoms with E-state index in [0.29, 0.717) is 12.5 Å². The van der Waals surface area contributed by atoms with Gasteiger partial charge in [-0.15, -0.1) is 0 Å². The van der Waals surface area contributed by atoms with Gasteiger partial charge in [0.15, 0.2) is 0 Å². The summed E-state index contributed by atoms with van der Waals surface area (Å²) in [6.07, 6.45) is 5.75. The van der Waals surface area contributed by atoms with Gasteiger partial charge < -0.3 is 14.9 Å². The predicted molar refractivity (Wildman–Crippen MR) is 114 cm³/mol. The minimum Gasteiger partial charge on any atom is -0.846 e. The molecule has 0 bridgehead atoms. The minimum absolute atomic E-state index is 0.119. The molecule has 1 aromatic carbocycles. The van der Waals surface area contributed by atoms with Gasteiger partial charge in [-0.25, -0.2) is 4.99 Å². The average Bonchev–Trinajstić information content (AvgIpc) is 3.46. The summed E-state index contributed by atoms with van der Waals surface area (Å²) in [5.74, 6) is 1.49. The Morgan fingerprint density at radius 1 is 1.22 bits per heavy atom. The number of anilines is 1. The Morgan fingerprint density at radius 2 is 2.09 bits per heavy atom. The maximum absolute atomic E-state index is 12.3. The second kappa shape index (κ2) is 8.26. The summed E-state index contributed by atoms with van der Waals surface area (Å²) in [6, 6.07) is 11.2. The van der Waals surface area contributed by atoms with Crippen LogP contribution in [0.25, 0.3) is 11.1 Å². The predicted octanol–water partition coefficient (Wildman–Crippen LogP) is 3.01. The zero-order valence-corrected chi connectivity index (χ0v) is 17.8. The lowest BCUT2D eigenvalue weighted by molar-refractivity contribution is -0.755. The molecule has 1 fully saturated rings. The van der Waals surface area contributed by atoms with E-state index in [1.807, 2.05) is 44.2 Å². The molecule has 5 rings (SSSR count). The maximum Gasteiger partial charge on any atom is 0.322 e. The Labute approximate surface area is 184 Å². The molecule has 9 nitrogen and oxygen atoms in total. The minimum atomic E-state index is -0.511. The third-order valence-electron chi connectivity index (χ3n) is 5.37. The standard InChI is InChI=1S/C23H22N6O3/c1-14-22(15(2)31-27-14)18-8-9-20(24-11-18)12-29-13-21(32-28-29)26-23(30)25-19-5-3-4-17(10-19)16-6-7-16/h3-5,8-11,13,16H,6-7,12H2,1-2H3,(H-,25,26,28,30). The van der Waals surface area contributed by atoms with Crippen LogP contribution in [0.4, 0.5) is 11.6 Å². The van der Waals surface area contributed by atoms with Crippen molar-refractivity contribution < 1.29 is 18.8 Å². The number of hydrogen-bond acceptors (Lipinski definition) is 7. The maximum atomic E-state index is 12.3. The van der Waals surface area contributed by atoms with Crippen LogP contribution < -0.4 is 15.1 Å². The Bertz CT molecular complexity index is 1250. The normalized spacial score (nSPS) is 14.0. The van der Waals surface area contributed by atoms with E-state index in [9.17, 15) is 5.11 Å². The van der Waals surface area contributed by atoms with Gasteiger partial charge in [-0.2, -0.15) is 0 Å². The first kappa shape index (κ1) is 19.9. The van der Waals surface area contributed by atoms with E-state index in [0.717, 1.165) is 34.0 Å². The van der Waals surface area contributed by atoms with Crippen molar-refractivity contribution in [2.24, 2.45) is 4.99 Å². The number of pyridine rings is 1. The Morgan fingerprint density at radius 3 is 2.81 bits per heavy atom. The number of aromatic nitrogens is 4. The number of aliphatic imine (C=N–C) groups is 1. The lowest BCUT2D eigenvalue weighted by Crippen LogP contribution is -2.35. The van der Waals surface area contributed by atoms with Crippen molar-refractivity contribution in [3.05, 3.63) is 71.5 Å². The number of rotatable bonds is 6. The van der Waals surface area contributed by atoms with Gasteiger partial charge in [0.25, 0.3) is 6.20 Å². The molecule has 4 aromatic rings. The molecule has 0 atom stereocenters. The van der Waals surface area contributed by atoms with Gasteiger partial charge in [0.2, 0.25) is 11.8 Å². The topological polar surface area (TPSA) is 116 Å². The van der Waals surface area contributed by atoms with Crippen molar-refractivity contribution in [3.63, 3.8) is 0 Å². The summed E-state index contributed by atoms with van der Waals surface area (Å²) >= 11 is 0. The molecule has 1 N–H and O–H groups in total. The zero-order chi connectivity index (χ0) is 22.1. The zero-order valence-electron chi connectivity index (χ0n) is 17.8. The van der Waals surface area contributed by atoms with Crippen molar-refractivity contribution in [1.82, 2.24) is 15.4 Å². The Balaban J connectivity index is 1.24. The van der Waals surface area contributed by atoms with Crippen LogP contribution in [0.5, 0.6) is 0 Å². The monoisotopic (exact) mass is 430 g/mol. The first-order chi connectivity index (χ1) is 15.5. The van der Waals surface area contributed by atoms with E-state index in [1.54, 1.807) is 12.4 Å². The SMILES string of the molecule is Cc1noc(C)c1-c1ccc(C[n+]2cc(N=C([O-])Nc3cccc(C4CC4)c3)on2)nc1. The molecule has 1 aliphatic rings. The molecule has 9 heteroatoms. The number of aryl methyl sites for hydroxylation is 2. The summed E-state index contributed by atoms with van der Waals surface area (Å²) in [4.78, 5) is 8.42. The molecule has 0 spiro atoms. The first-order valence-corrected chi connectivity index (χ1v) is 10.4. The second-order valence-corrected chi connectivity index (χ2v) is 7.92. The van der Waals surface area contributed by atoms with Crippen LogP contribution >= 0.6 is 0 Å². The third-order valence-corrected chi connectivity index (χ3v) is 5.37. The van der Waals surface area contributed by atoms with Crippen molar-refractivity contribution in [2.75, 3.05) is 5.32 Å². The molecule has 0 unspecified atom stereocenters. The fourth-order valence-electron chi connectivity index (χ4n) is 3.66. The van der Waals surface area contributed by atoms with Gasteiger partial charge >= 0.3 is 5.88 Å². The summed E-state index contributed by atoms with van der Waals surface area (Å²) in [7, 11) is 0. The van der Waals surface area contributed by atoms with Gasteiger partial charge in [-0.05, 0) is 61.1 Å². The highest BCUT2D eigenvalue weighted by atomic mass is 16.5. The van der Waals surface area contributed by atoms with Crippen molar-refractivity contribution in [3.8, 4) is 11.1 Å². The number of benzene rings is 1. The Kier molecular flexibility index (Phi) is 5.14. The van der Waals surface area contributed by atoms with Crippen LogP contribution in [0.3, 0.4) is 0 Å². The molecular formula is C23H22N6O3. The molecule has 0 amide bonds. The van der Waals surface area contributed by atoms with Gasteiger partial charge in [0.1, 0.15) is 11.5 Å². The van der Waals surface area contributed by atoms with E-state index < -0.39 is 6.02 Å². The van der Waals surface area contributed by atoms with Crippen molar-refractivity contribution in [1.29, 1.82) is 0 Å². The van der Waals surface area contributed by atoms with Gasteiger partial charge in [0.05, 0.1) is 11.7 Å². The van der Waals surface area contributed by atoms with Crippen LogP contribution in [0, 0.1) is 13.8 Å². The van der Waals surface area contributed by atoms with Crippen LogP contribution in [-0.4, -0.2) is 21.4 Å². The number of amidine groups is 1. The van der Waals surface area contributed by atoms with E-state index >= 15 is 0 Å². The lowest BCUT2D eigenvalue weighted by Gasteiger charge is -2.13. The van der Waals surface area contributed by atoms with Crippen LogP contribution in [-0.2, 0) is 6.54 Å². The highest BCUT2D eigenvalue weighted by Crippen LogP contribution is 2.40. The molecular weight excluding hydrogens is 408 g/mol. The van der Waals surface area contributed by atoms with E-state index in [2.05, 4.69) is 31.8 Å². The third kappa shape index (κ3) is 4.36. The van der Waals surface area contributed by atoms with Crippen LogP contribution in [0.2, 0.25) is 0 Å². The number of hydrogen-bond donors (Lipinski definition) is 1. The van der Waals surface area contributed by atoms with Crippen LogP contribution in [0.15, 0.2) is 62.8 Å². The molecule has 1 aliphatic carbocycles. The van der Waals surface area contributed by atoms with Crippen LogP contribution in [0.1, 0.15) is 41.5 Å². The lowest BCUT2D eigenvalue weighted by atomic mass is 10.1.